The van der Waals surface area contributed by atoms with Crippen LogP contribution in [-0.4, -0.2) is 28.4 Å². The molecule has 0 unspecified atom stereocenters. The molecule has 1 aromatic rings. The summed E-state index contributed by atoms with van der Waals surface area (Å²) >= 11 is 0. The van der Waals surface area contributed by atoms with E-state index in [2.05, 4.69) is 10.3 Å². The Kier molecular flexibility index (Phi) is 1.21. The molecule has 2 heterocycles. The van der Waals surface area contributed by atoms with Crippen molar-refractivity contribution in [2.75, 3.05) is 11.9 Å². The third-order valence-corrected chi connectivity index (χ3v) is 1.77. The van der Waals surface area contributed by atoms with E-state index in [-0.39, 0.29) is 18.0 Å². The van der Waals surface area contributed by atoms with E-state index in [0.717, 1.165) is 0 Å². The lowest BCUT2D eigenvalue weighted by Gasteiger charge is -1.90. The third-order valence-electron chi connectivity index (χ3n) is 1.77. The van der Waals surface area contributed by atoms with Crippen molar-refractivity contribution in [1.82, 2.24) is 4.98 Å². The van der Waals surface area contributed by atoms with E-state index in [1.807, 2.05) is 0 Å². The van der Waals surface area contributed by atoms with Crippen LogP contribution < -0.4 is 5.32 Å². The number of carbonyl (C=O) groups excluding carboxylic acids is 1. The first-order valence-electron chi connectivity index (χ1n) is 3.42. The zero-order chi connectivity index (χ0) is 8.72. The van der Waals surface area contributed by atoms with E-state index in [9.17, 15) is 9.59 Å². The molecule has 0 saturated carbocycles. The van der Waals surface area contributed by atoms with Gasteiger partial charge in [-0.15, -0.1) is 0 Å². The number of nitrogens with one attached hydrogen (secondary N) is 2. The Morgan fingerprint density at radius 1 is 1.58 bits per heavy atom. The maximum Gasteiger partial charge on any atom is 0.352 e. The molecule has 0 aromatic carbocycles. The van der Waals surface area contributed by atoms with Gasteiger partial charge in [-0.1, -0.05) is 0 Å². The number of aromatic carboxylic acids is 1. The average molecular weight is 166 g/mol. The van der Waals surface area contributed by atoms with Crippen LogP contribution in [0, 0.1) is 0 Å². The second-order valence-corrected chi connectivity index (χ2v) is 2.55. The van der Waals surface area contributed by atoms with Gasteiger partial charge in [0.05, 0.1) is 12.1 Å². The predicted molar refractivity (Wildman–Crippen MR) is 40.6 cm³/mol. The average Bonchev–Trinajstić information content (AvgIpc) is 2.53. The summed E-state index contributed by atoms with van der Waals surface area (Å²) < 4.78 is 0. The maximum atomic E-state index is 11.0. The van der Waals surface area contributed by atoms with Gasteiger partial charge < -0.3 is 15.4 Å². The first kappa shape index (κ1) is 6.90. The molecule has 5 nitrogen and oxygen atoms in total. The number of carbonyl (C=O) groups is 2. The summed E-state index contributed by atoms with van der Waals surface area (Å²) in [5.41, 5.74) is 0.480. The van der Waals surface area contributed by atoms with Crippen molar-refractivity contribution in [3.8, 4) is 0 Å². The number of anilines is 1. The van der Waals surface area contributed by atoms with Gasteiger partial charge >= 0.3 is 5.97 Å². The fraction of sp³-hybridized carbons (Fsp3) is 0.143. The van der Waals surface area contributed by atoms with Crippen LogP contribution >= 0.6 is 0 Å². The van der Waals surface area contributed by atoms with Gasteiger partial charge in [0.25, 0.3) is 0 Å². The second kappa shape index (κ2) is 2.10. The van der Waals surface area contributed by atoms with E-state index in [4.69, 9.17) is 5.11 Å². The summed E-state index contributed by atoms with van der Waals surface area (Å²) in [6, 6.07) is 1.35. The summed E-state index contributed by atoms with van der Waals surface area (Å²) in [6.45, 7) is 0.251. The number of aromatic amines is 1. The molecule has 12 heavy (non-hydrogen) atoms. The highest BCUT2D eigenvalue weighted by Gasteiger charge is 2.23. The molecule has 0 amide bonds. The lowest BCUT2D eigenvalue weighted by Crippen LogP contribution is -2.04. The Bertz CT molecular complexity index is 367. The van der Waals surface area contributed by atoms with E-state index in [1.54, 1.807) is 0 Å². The number of fused-ring (bicyclic) bond motifs is 1. The molecule has 0 radical (unpaired) electrons. The minimum atomic E-state index is -1.06. The van der Waals surface area contributed by atoms with Crippen molar-refractivity contribution < 1.29 is 14.7 Å². The van der Waals surface area contributed by atoms with Crippen LogP contribution in [0.3, 0.4) is 0 Å². The highest BCUT2D eigenvalue weighted by molar-refractivity contribution is 6.09. The largest absolute Gasteiger partial charge is 0.477 e. The molecule has 0 spiro atoms. The molecule has 1 aliphatic heterocycles. The molecule has 0 aliphatic carbocycles. The Hall–Kier alpha value is -1.78. The van der Waals surface area contributed by atoms with Crippen molar-refractivity contribution in [2.45, 2.75) is 0 Å². The summed E-state index contributed by atoms with van der Waals surface area (Å²) in [6.07, 6.45) is 0. The van der Waals surface area contributed by atoms with Crippen LogP contribution in [0.15, 0.2) is 6.07 Å². The van der Waals surface area contributed by atoms with Gasteiger partial charge in [-0.2, -0.15) is 0 Å². The number of hydrogen-bond donors (Lipinski definition) is 3. The van der Waals surface area contributed by atoms with Gasteiger partial charge in [-0.05, 0) is 6.07 Å². The molecule has 62 valence electrons. The zero-order valence-corrected chi connectivity index (χ0v) is 6.05. The Morgan fingerprint density at radius 3 is 2.92 bits per heavy atom. The molecule has 0 saturated heterocycles. The first-order chi connectivity index (χ1) is 5.68. The first-order valence-corrected chi connectivity index (χ1v) is 3.42. The number of carboxylic acid groups (broad SMARTS) is 1. The fourth-order valence-electron chi connectivity index (χ4n) is 1.19. The van der Waals surface area contributed by atoms with E-state index >= 15 is 0 Å². The van der Waals surface area contributed by atoms with Crippen LogP contribution in [0.1, 0.15) is 20.8 Å². The van der Waals surface area contributed by atoms with Crippen molar-refractivity contribution in [3.05, 3.63) is 17.3 Å². The highest BCUT2D eigenvalue weighted by Crippen LogP contribution is 2.21. The van der Waals surface area contributed by atoms with Crippen LogP contribution in [0.25, 0.3) is 0 Å². The fourth-order valence-corrected chi connectivity index (χ4v) is 1.19. The number of H-pyrrole nitrogens is 1. The van der Waals surface area contributed by atoms with E-state index in [0.29, 0.717) is 11.4 Å². The van der Waals surface area contributed by atoms with Gasteiger partial charge in [-0.3, -0.25) is 4.79 Å². The summed E-state index contributed by atoms with van der Waals surface area (Å²) in [5.74, 6) is -0.620. The van der Waals surface area contributed by atoms with Crippen molar-refractivity contribution in [3.63, 3.8) is 0 Å². The molecule has 5 heteroatoms. The monoisotopic (exact) mass is 166 g/mol. The van der Waals surface area contributed by atoms with Crippen LogP contribution in [-0.2, 0) is 0 Å². The zero-order valence-electron chi connectivity index (χ0n) is 6.05. The van der Waals surface area contributed by atoms with Gasteiger partial charge in [0, 0.05) is 0 Å². The van der Waals surface area contributed by atoms with Crippen molar-refractivity contribution in [2.24, 2.45) is 0 Å². The molecule has 3 N–H and O–H groups in total. The predicted octanol–water partition coefficient (Wildman–Crippen LogP) is 0.321. The minimum absolute atomic E-state index is 0.0422. The topological polar surface area (TPSA) is 82.2 Å². The SMILES string of the molecule is O=C(O)c1cc2c([nH]1)NCC2=O. The quantitative estimate of drug-likeness (QED) is 0.561. The number of Topliss-reactive ketones (excluding diaryl/α,β-unsaturated/α-hetero) is 1. The molecule has 2 rings (SSSR count). The number of carboxylic acids is 1. The van der Waals surface area contributed by atoms with Gasteiger partial charge in [-0.25, -0.2) is 4.79 Å². The summed E-state index contributed by atoms with van der Waals surface area (Å²) in [4.78, 5) is 24.1. The van der Waals surface area contributed by atoms with Crippen molar-refractivity contribution in [1.29, 1.82) is 0 Å². The number of aromatic nitrogens is 1. The van der Waals surface area contributed by atoms with Crippen LogP contribution in [0.4, 0.5) is 5.82 Å². The molecule has 1 aromatic heterocycles. The third kappa shape index (κ3) is 0.795. The Labute approximate surface area is 67.4 Å². The molecular weight excluding hydrogens is 160 g/mol. The number of hydrogen-bond acceptors (Lipinski definition) is 3. The highest BCUT2D eigenvalue weighted by atomic mass is 16.4. The Morgan fingerprint density at radius 2 is 2.33 bits per heavy atom. The minimum Gasteiger partial charge on any atom is -0.477 e. The van der Waals surface area contributed by atoms with Crippen molar-refractivity contribution >= 4 is 17.6 Å². The lowest BCUT2D eigenvalue weighted by atomic mass is 10.2. The molecule has 0 bridgehead atoms. The van der Waals surface area contributed by atoms with E-state index in [1.165, 1.54) is 6.07 Å². The number of ketones is 1. The molecular formula is C7H6N2O3. The second-order valence-electron chi connectivity index (χ2n) is 2.55. The standard InChI is InChI=1S/C7H6N2O3/c10-5-2-8-6-3(5)1-4(9-6)7(11)12/h1,8-9H,2H2,(H,11,12). The van der Waals surface area contributed by atoms with E-state index < -0.39 is 5.97 Å². The molecule has 0 atom stereocenters. The van der Waals surface area contributed by atoms with Gasteiger partial charge in [0.15, 0.2) is 5.78 Å². The van der Waals surface area contributed by atoms with Gasteiger partial charge in [0.1, 0.15) is 11.5 Å². The lowest BCUT2D eigenvalue weighted by molar-refractivity contribution is 0.0691. The Balaban J connectivity index is 2.49. The van der Waals surface area contributed by atoms with Crippen LogP contribution in [0.2, 0.25) is 0 Å². The summed E-state index contributed by atoms with van der Waals surface area (Å²) in [5, 5.41) is 11.3. The smallest absolute Gasteiger partial charge is 0.352 e. The molecule has 0 fully saturated rings. The maximum absolute atomic E-state index is 11.0. The normalized spacial score (nSPS) is 14.2. The van der Waals surface area contributed by atoms with Crippen LogP contribution in [0.5, 0.6) is 0 Å². The molecule has 1 aliphatic rings. The van der Waals surface area contributed by atoms with Gasteiger partial charge in [0.2, 0.25) is 0 Å². The number of rotatable bonds is 1. The summed E-state index contributed by atoms with van der Waals surface area (Å²) in [7, 11) is 0.